The number of nitrogens with zero attached hydrogens (tertiary/aromatic N) is 1. The Morgan fingerprint density at radius 2 is 1.76 bits per heavy atom. The Balaban J connectivity index is 1.79. The Morgan fingerprint density at radius 1 is 1.00 bits per heavy atom. The number of carboxylic acid groups (broad SMARTS) is 1. The van der Waals surface area contributed by atoms with Gasteiger partial charge in [-0.15, -0.1) is 0 Å². The van der Waals surface area contributed by atoms with Gasteiger partial charge in [0.25, 0.3) is 0 Å². The zero-order valence-electron chi connectivity index (χ0n) is 12.5. The van der Waals surface area contributed by atoms with Crippen LogP contribution in [0.5, 0.6) is 0 Å². The van der Waals surface area contributed by atoms with Crippen LogP contribution in [0.4, 0.5) is 0 Å². The van der Waals surface area contributed by atoms with Crippen LogP contribution >= 0.6 is 0 Å². The fraction of sp³-hybridized carbons (Fsp3) is 0.875. The lowest BCUT2D eigenvalue weighted by molar-refractivity contribution is -0.152. The summed E-state index contributed by atoms with van der Waals surface area (Å²) in [5.41, 5.74) is 6.00. The largest absolute Gasteiger partial charge is 0.480 e. The predicted octanol–water partition coefficient (Wildman–Crippen LogP) is 1.75. The SMILES string of the molecule is NC1CCCC(C(=O)N2C(C(=O)O)CC3CCCCC32)C1. The molecule has 118 valence electrons. The maximum atomic E-state index is 12.9. The van der Waals surface area contributed by atoms with Crippen LogP contribution in [0.2, 0.25) is 0 Å². The van der Waals surface area contributed by atoms with Crippen molar-refractivity contribution in [1.29, 1.82) is 0 Å². The highest BCUT2D eigenvalue weighted by atomic mass is 16.4. The number of rotatable bonds is 2. The van der Waals surface area contributed by atoms with Crippen molar-refractivity contribution in [2.75, 3.05) is 0 Å². The van der Waals surface area contributed by atoms with E-state index in [-0.39, 0.29) is 23.9 Å². The molecule has 5 unspecified atom stereocenters. The molecule has 1 saturated heterocycles. The summed E-state index contributed by atoms with van der Waals surface area (Å²) < 4.78 is 0. The first-order valence-electron chi connectivity index (χ1n) is 8.38. The lowest BCUT2D eigenvalue weighted by Crippen LogP contribution is -2.50. The maximum absolute atomic E-state index is 12.9. The molecule has 3 rings (SSSR count). The second kappa shape index (κ2) is 5.95. The van der Waals surface area contributed by atoms with Gasteiger partial charge in [0.2, 0.25) is 5.91 Å². The summed E-state index contributed by atoms with van der Waals surface area (Å²) in [7, 11) is 0. The van der Waals surface area contributed by atoms with Gasteiger partial charge in [0.15, 0.2) is 0 Å². The highest BCUT2D eigenvalue weighted by Crippen LogP contribution is 2.41. The molecule has 3 fully saturated rings. The summed E-state index contributed by atoms with van der Waals surface area (Å²) >= 11 is 0. The van der Waals surface area contributed by atoms with E-state index in [0.29, 0.717) is 12.3 Å². The molecule has 21 heavy (non-hydrogen) atoms. The Morgan fingerprint density at radius 3 is 2.48 bits per heavy atom. The van der Waals surface area contributed by atoms with Crippen LogP contribution in [0.25, 0.3) is 0 Å². The quantitative estimate of drug-likeness (QED) is 0.812. The van der Waals surface area contributed by atoms with Crippen LogP contribution in [0.15, 0.2) is 0 Å². The minimum atomic E-state index is -0.835. The number of carboxylic acids is 1. The number of carbonyl (C=O) groups excluding carboxylic acids is 1. The van der Waals surface area contributed by atoms with Gasteiger partial charge in [0, 0.05) is 18.0 Å². The fourth-order valence-corrected chi connectivity index (χ4v) is 4.66. The standard InChI is InChI=1S/C16H26N2O3/c17-12-6-3-5-11(8-12)15(19)18-13-7-2-1-4-10(13)9-14(18)16(20)21/h10-14H,1-9,17H2,(H,20,21). The van der Waals surface area contributed by atoms with Gasteiger partial charge < -0.3 is 15.7 Å². The van der Waals surface area contributed by atoms with Crippen molar-refractivity contribution in [3.63, 3.8) is 0 Å². The topological polar surface area (TPSA) is 83.6 Å². The smallest absolute Gasteiger partial charge is 0.326 e. The number of amides is 1. The number of nitrogens with two attached hydrogens (primary N) is 1. The summed E-state index contributed by atoms with van der Waals surface area (Å²) in [5.74, 6) is -0.442. The Hall–Kier alpha value is -1.10. The average molecular weight is 294 g/mol. The second-order valence-electron chi connectivity index (χ2n) is 7.07. The molecule has 2 saturated carbocycles. The molecule has 0 bridgehead atoms. The molecular weight excluding hydrogens is 268 g/mol. The summed E-state index contributed by atoms with van der Waals surface area (Å²) in [6.07, 6.45) is 8.53. The van der Waals surface area contributed by atoms with E-state index in [1.807, 2.05) is 0 Å². The molecule has 3 N–H and O–H groups in total. The van der Waals surface area contributed by atoms with E-state index in [0.717, 1.165) is 44.9 Å². The molecule has 0 radical (unpaired) electrons. The lowest BCUT2D eigenvalue weighted by atomic mass is 9.83. The van der Waals surface area contributed by atoms with Crippen molar-refractivity contribution in [3.05, 3.63) is 0 Å². The summed E-state index contributed by atoms with van der Waals surface area (Å²) in [5, 5.41) is 9.51. The third kappa shape index (κ3) is 2.80. The van der Waals surface area contributed by atoms with Crippen LogP contribution < -0.4 is 5.73 Å². The molecule has 5 atom stereocenters. The molecule has 1 heterocycles. The van der Waals surface area contributed by atoms with Crippen LogP contribution in [-0.2, 0) is 9.59 Å². The van der Waals surface area contributed by atoms with Crippen molar-refractivity contribution >= 4 is 11.9 Å². The van der Waals surface area contributed by atoms with Gasteiger partial charge >= 0.3 is 5.97 Å². The average Bonchev–Trinajstić information content (AvgIpc) is 2.86. The third-order valence-corrected chi connectivity index (χ3v) is 5.69. The third-order valence-electron chi connectivity index (χ3n) is 5.69. The second-order valence-corrected chi connectivity index (χ2v) is 7.07. The van der Waals surface area contributed by atoms with Gasteiger partial charge in [-0.05, 0) is 44.4 Å². The number of hydrogen-bond acceptors (Lipinski definition) is 3. The van der Waals surface area contributed by atoms with Gasteiger partial charge in [0.1, 0.15) is 6.04 Å². The molecule has 1 amide bonds. The predicted molar refractivity (Wildman–Crippen MR) is 78.6 cm³/mol. The zero-order valence-corrected chi connectivity index (χ0v) is 12.5. The summed E-state index contributed by atoms with van der Waals surface area (Å²) in [6, 6.07) is -0.352. The van der Waals surface area contributed by atoms with Gasteiger partial charge in [0.05, 0.1) is 0 Å². The van der Waals surface area contributed by atoms with E-state index in [1.165, 1.54) is 6.42 Å². The van der Waals surface area contributed by atoms with Crippen molar-refractivity contribution < 1.29 is 14.7 Å². The number of likely N-dealkylation sites (tertiary alicyclic amines) is 1. The first-order chi connectivity index (χ1) is 10.1. The number of fused-ring (bicyclic) bond motifs is 1. The molecular formula is C16H26N2O3. The van der Waals surface area contributed by atoms with Crippen LogP contribution in [0.1, 0.15) is 57.8 Å². The van der Waals surface area contributed by atoms with E-state index in [1.54, 1.807) is 4.90 Å². The zero-order chi connectivity index (χ0) is 15.0. The normalized spacial score (nSPS) is 39.9. The van der Waals surface area contributed by atoms with Gasteiger partial charge in [-0.25, -0.2) is 4.79 Å². The Kier molecular flexibility index (Phi) is 4.20. The first-order valence-corrected chi connectivity index (χ1v) is 8.38. The Bertz CT molecular complexity index is 426. The molecule has 5 nitrogen and oxygen atoms in total. The van der Waals surface area contributed by atoms with E-state index in [9.17, 15) is 14.7 Å². The number of aliphatic carboxylic acids is 1. The van der Waals surface area contributed by atoms with E-state index in [4.69, 9.17) is 5.73 Å². The maximum Gasteiger partial charge on any atom is 0.326 e. The van der Waals surface area contributed by atoms with Crippen molar-refractivity contribution in [1.82, 2.24) is 4.90 Å². The summed E-state index contributed by atoms with van der Waals surface area (Å²) in [6.45, 7) is 0. The minimum Gasteiger partial charge on any atom is -0.480 e. The summed E-state index contributed by atoms with van der Waals surface area (Å²) in [4.78, 5) is 26.3. The lowest BCUT2D eigenvalue weighted by Gasteiger charge is -2.37. The fourth-order valence-electron chi connectivity index (χ4n) is 4.66. The van der Waals surface area contributed by atoms with Gasteiger partial charge in [-0.3, -0.25) is 4.79 Å². The molecule has 5 heteroatoms. The molecule has 0 spiro atoms. The molecule has 0 aromatic rings. The first kappa shape index (κ1) is 14.8. The highest BCUT2D eigenvalue weighted by Gasteiger charge is 2.48. The highest BCUT2D eigenvalue weighted by molar-refractivity contribution is 5.86. The molecule has 0 aromatic carbocycles. The number of hydrogen-bond donors (Lipinski definition) is 2. The van der Waals surface area contributed by atoms with E-state index < -0.39 is 12.0 Å². The van der Waals surface area contributed by atoms with Crippen molar-refractivity contribution in [2.24, 2.45) is 17.6 Å². The molecule has 2 aliphatic carbocycles. The monoisotopic (exact) mass is 294 g/mol. The Labute approximate surface area is 125 Å². The van der Waals surface area contributed by atoms with Crippen molar-refractivity contribution in [3.8, 4) is 0 Å². The minimum absolute atomic E-state index is 0.0590. The molecule has 3 aliphatic rings. The van der Waals surface area contributed by atoms with Crippen molar-refractivity contribution in [2.45, 2.75) is 75.9 Å². The van der Waals surface area contributed by atoms with E-state index >= 15 is 0 Å². The van der Waals surface area contributed by atoms with Crippen LogP contribution in [0.3, 0.4) is 0 Å². The molecule has 1 aliphatic heterocycles. The van der Waals surface area contributed by atoms with Crippen LogP contribution in [-0.4, -0.2) is 40.0 Å². The van der Waals surface area contributed by atoms with Gasteiger partial charge in [-0.2, -0.15) is 0 Å². The van der Waals surface area contributed by atoms with E-state index in [2.05, 4.69) is 0 Å². The number of carbonyl (C=O) groups is 2. The molecule has 0 aromatic heterocycles. The van der Waals surface area contributed by atoms with Crippen LogP contribution in [0, 0.1) is 11.8 Å². The van der Waals surface area contributed by atoms with Gasteiger partial charge in [-0.1, -0.05) is 19.3 Å².